The van der Waals surface area contributed by atoms with E-state index < -0.39 is 12.1 Å². The Labute approximate surface area is 161 Å². The normalized spacial score (nSPS) is 25.5. The zero-order valence-electron chi connectivity index (χ0n) is 13.8. The smallest absolute Gasteiger partial charge is 0.254 e. The molecule has 2 amide bonds. The molecule has 3 atom stereocenters. The Hall–Kier alpha value is -1.15. The number of likely N-dealkylation sites (tertiary alicyclic amines) is 1. The van der Waals surface area contributed by atoms with Crippen LogP contribution in [0, 0.1) is 5.92 Å². The van der Waals surface area contributed by atoms with Crippen LogP contribution in [-0.4, -0.2) is 60.1 Å². The van der Waals surface area contributed by atoms with Crippen LogP contribution in [0.2, 0.25) is 0 Å². The van der Waals surface area contributed by atoms with E-state index in [1.807, 2.05) is 12.1 Å². The van der Waals surface area contributed by atoms with E-state index in [-0.39, 0.29) is 30.1 Å². The maximum atomic E-state index is 12.7. The minimum Gasteiger partial charge on any atom is -0.391 e. The first-order valence-electron chi connectivity index (χ1n) is 8.29. The largest absolute Gasteiger partial charge is 0.391 e. The van der Waals surface area contributed by atoms with E-state index >= 15 is 0 Å². The van der Waals surface area contributed by atoms with Gasteiger partial charge in [-0.3, -0.25) is 9.59 Å². The molecule has 0 saturated carbocycles. The predicted molar refractivity (Wildman–Crippen MR) is 101 cm³/mol. The lowest BCUT2D eigenvalue weighted by molar-refractivity contribution is -0.125. The lowest BCUT2D eigenvalue weighted by Gasteiger charge is -2.25. The van der Waals surface area contributed by atoms with Gasteiger partial charge in [0, 0.05) is 42.1 Å². The third kappa shape index (κ3) is 4.73. The quantitative estimate of drug-likeness (QED) is 0.667. The maximum Gasteiger partial charge on any atom is 0.254 e. The number of hydrogen-bond donors (Lipinski definition) is 3. The molecule has 1 aromatic carbocycles. The van der Waals surface area contributed by atoms with Crippen LogP contribution in [0.3, 0.4) is 0 Å². The molecule has 0 bridgehead atoms. The molecule has 2 heterocycles. The third-order valence-electron chi connectivity index (χ3n) is 4.75. The van der Waals surface area contributed by atoms with Gasteiger partial charge in [-0.25, -0.2) is 0 Å². The molecule has 8 heteroatoms. The minimum absolute atomic E-state index is 0. The molecule has 1 aromatic rings. The SMILES string of the molecule is Cl.O=C(NCC1CNCC1O)C1CCCN1C(=O)c1ccc(Br)cc1. The minimum atomic E-state index is -0.423. The number of carbonyl (C=O) groups excluding carboxylic acids is 2. The Bertz CT molecular complexity index is 614. The van der Waals surface area contributed by atoms with Crippen molar-refractivity contribution in [1.82, 2.24) is 15.5 Å². The molecule has 3 N–H and O–H groups in total. The number of amides is 2. The first-order valence-corrected chi connectivity index (χ1v) is 9.08. The number of nitrogens with zero attached hydrogens (tertiary/aromatic N) is 1. The van der Waals surface area contributed by atoms with Gasteiger partial charge in [0.15, 0.2) is 0 Å². The van der Waals surface area contributed by atoms with Crippen molar-refractivity contribution < 1.29 is 14.7 Å². The number of halogens is 2. The van der Waals surface area contributed by atoms with Crippen molar-refractivity contribution in [3.05, 3.63) is 34.3 Å². The fraction of sp³-hybridized carbons (Fsp3) is 0.529. The Kier molecular flexibility index (Phi) is 7.25. The molecular formula is C17H23BrClN3O3. The molecule has 2 saturated heterocycles. The van der Waals surface area contributed by atoms with Crippen molar-refractivity contribution >= 4 is 40.2 Å². The summed E-state index contributed by atoms with van der Waals surface area (Å²) in [5.41, 5.74) is 0.591. The fourth-order valence-corrected chi connectivity index (χ4v) is 3.58. The molecule has 0 aliphatic carbocycles. The summed E-state index contributed by atoms with van der Waals surface area (Å²) in [5.74, 6) is -0.203. The first-order chi connectivity index (χ1) is 11.6. The van der Waals surface area contributed by atoms with Crippen LogP contribution in [0.15, 0.2) is 28.7 Å². The van der Waals surface area contributed by atoms with Crippen LogP contribution in [0.5, 0.6) is 0 Å². The van der Waals surface area contributed by atoms with Crippen molar-refractivity contribution in [1.29, 1.82) is 0 Å². The van der Waals surface area contributed by atoms with E-state index in [1.165, 1.54) is 0 Å². The van der Waals surface area contributed by atoms with Gasteiger partial charge in [0.1, 0.15) is 6.04 Å². The topological polar surface area (TPSA) is 81.7 Å². The van der Waals surface area contributed by atoms with E-state index in [9.17, 15) is 14.7 Å². The monoisotopic (exact) mass is 431 g/mol. The Morgan fingerprint density at radius 1 is 1.28 bits per heavy atom. The van der Waals surface area contributed by atoms with Gasteiger partial charge in [-0.05, 0) is 37.1 Å². The Balaban J connectivity index is 0.00000225. The van der Waals surface area contributed by atoms with Crippen LogP contribution in [0.1, 0.15) is 23.2 Å². The summed E-state index contributed by atoms with van der Waals surface area (Å²) >= 11 is 3.36. The number of aliphatic hydroxyl groups is 1. The van der Waals surface area contributed by atoms with Crippen molar-refractivity contribution in [3.63, 3.8) is 0 Å². The molecule has 0 aromatic heterocycles. The number of benzene rings is 1. The first kappa shape index (κ1) is 20.2. The summed E-state index contributed by atoms with van der Waals surface area (Å²) in [7, 11) is 0. The van der Waals surface area contributed by atoms with Gasteiger partial charge in [-0.15, -0.1) is 12.4 Å². The summed E-state index contributed by atoms with van der Waals surface area (Å²) in [6, 6.07) is 6.76. The second kappa shape index (κ2) is 8.98. The van der Waals surface area contributed by atoms with Crippen LogP contribution in [0.25, 0.3) is 0 Å². The summed E-state index contributed by atoms with van der Waals surface area (Å²) in [6.07, 6.45) is 1.09. The third-order valence-corrected chi connectivity index (χ3v) is 5.28. The van der Waals surface area contributed by atoms with Crippen LogP contribution in [-0.2, 0) is 4.79 Å². The Morgan fingerprint density at radius 2 is 2.00 bits per heavy atom. The van der Waals surface area contributed by atoms with Crippen molar-refractivity contribution in [3.8, 4) is 0 Å². The van der Waals surface area contributed by atoms with E-state index in [0.717, 1.165) is 10.9 Å². The highest BCUT2D eigenvalue weighted by molar-refractivity contribution is 9.10. The van der Waals surface area contributed by atoms with E-state index in [0.29, 0.717) is 38.2 Å². The summed E-state index contributed by atoms with van der Waals surface area (Å²) in [5, 5.41) is 15.8. The zero-order valence-corrected chi connectivity index (χ0v) is 16.2. The van der Waals surface area contributed by atoms with Gasteiger partial charge in [0.05, 0.1) is 6.10 Å². The van der Waals surface area contributed by atoms with Gasteiger partial charge < -0.3 is 20.6 Å². The average Bonchev–Trinajstić information content (AvgIpc) is 3.21. The fourth-order valence-electron chi connectivity index (χ4n) is 3.32. The number of rotatable bonds is 4. The molecular weight excluding hydrogens is 410 g/mol. The standard InChI is InChI=1S/C17H22BrN3O3.ClH/c18-13-5-3-11(4-6-13)17(24)21-7-1-2-14(21)16(23)20-9-12-8-19-10-15(12)22;/h3-6,12,14-15,19,22H,1-2,7-10H2,(H,20,23);1H. The molecule has 3 unspecified atom stereocenters. The number of β-amino-alcohol motifs (C(OH)–C–C–N with tert-alkyl or cyclic N) is 1. The van der Waals surface area contributed by atoms with E-state index in [1.54, 1.807) is 17.0 Å². The summed E-state index contributed by atoms with van der Waals surface area (Å²) in [6.45, 7) is 2.30. The van der Waals surface area contributed by atoms with Crippen LogP contribution < -0.4 is 10.6 Å². The molecule has 6 nitrogen and oxygen atoms in total. The number of nitrogens with one attached hydrogen (secondary N) is 2. The van der Waals surface area contributed by atoms with Gasteiger partial charge in [0.2, 0.25) is 5.91 Å². The highest BCUT2D eigenvalue weighted by atomic mass is 79.9. The van der Waals surface area contributed by atoms with Gasteiger partial charge >= 0.3 is 0 Å². The second-order valence-electron chi connectivity index (χ2n) is 6.39. The van der Waals surface area contributed by atoms with Crippen molar-refractivity contribution in [2.24, 2.45) is 5.92 Å². The molecule has 25 heavy (non-hydrogen) atoms. The Morgan fingerprint density at radius 3 is 2.64 bits per heavy atom. The van der Waals surface area contributed by atoms with Crippen molar-refractivity contribution in [2.75, 3.05) is 26.2 Å². The summed E-state index contributed by atoms with van der Waals surface area (Å²) in [4.78, 5) is 26.8. The van der Waals surface area contributed by atoms with E-state index in [4.69, 9.17) is 0 Å². The second-order valence-corrected chi connectivity index (χ2v) is 7.31. The van der Waals surface area contributed by atoms with Crippen molar-refractivity contribution in [2.45, 2.75) is 25.0 Å². The maximum absolute atomic E-state index is 12.7. The highest BCUT2D eigenvalue weighted by Crippen LogP contribution is 2.21. The average molecular weight is 433 g/mol. The van der Waals surface area contributed by atoms with Crippen LogP contribution in [0.4, 0.5) is 0 Å². The molecule has 2 aliphatic heterocycles. The number of aliphatic hydroxyl groups excluding tert-OH is 1. The van der Waals surface area contributed by atoms with Gasteiger partial charge in [0.25, 0.3) is 5.91 Å². The summed E-state index contributed by atoms with van der Waals surface area (Å²) < 4.78 is 0.915. The number of carbonyl (C=O) groups is 2. The van der Waals surface area contributed by atoms with Gasteiger partial charge in [-0.2, -0.15) is 0 Å². The molecule has 2 fully saturated rings. The zero-order chi connectivity index (χ0) is 17.1. The lowest BCUT2D eigenvalue weighted by atomic mass is 10.1. The lowest BCUT2D eigenvalue weighted by Crippen LogP contribution is -2.47. The molecule has 2 aliphatic rings. The van der Waals surface area contributed by atoms with Crippen LogP contribution >= 0.6 is 28.3 Å². The predicted octanol–water partition coefficient (Wildman–Crippen LogP) is 1.17. The number of hydrogen-bond acceptors (Lipinski definition) is 4. The molecule has 3 rings (SSSR count). The molecule has 0 radical (unpaired) electrons. The molecule has 138 valence electrons. The van der Waals surface area contributed by atoms with Gasteiger partial charge in [-0.1, -0.05) is 15.9 Å². The van der Waals surface area contributed by atoms with E-state index in [2.05, 4.69) is 26.6 Å². The highest BCUT2D eigenvalue weighted by Gasteiger charge is 2.35. The molecule has 0 spiro atoms.